The van der Waals surface area contributed by atoms with Gasteiger partial charge in [-0.1, -0.05) is 0 Å². The van der Waals surface area contributed by atoms with Crippen molar-refractivity contribution in [2.24, 2.45) is 0 Å². The van der Waals surface area contributed by atoms with E-state index < -0.39 is 0 Å². The van der Waals surface area contributed by atoms with Gasteiger partial charge in [-0.3, -0.25) is 4.79 Å². The topological polar surface area (TPSA) is 57.8 Å². The van der Waals surface area contributed by atoms with Gasteiger partial charge >= 0.3 is 6.47 Å². The van der Waals surface area contributed by atoms with E-state index in [-0.39, 0.29) is 11.9 Å². The second-order valence-electron chi connectivity index (χ2n) is 0.202. The molecule has 0 saturated carbocycles. The quantitative estimate of drug-likeness (QED) is 0.263. The highest BCUT2D eigenvalue weighted by Gasteiger charge is 1.46. The van der Waals surface area contributed by atoms with E-state index in [2.05, 4.69) is 17.1 Å². The highest BCUT2D eigenvalue weighted by molar-refractivity contribution is 7.75. The van der Waals surface area contributed by atoms with Crippen LogP contribution in [-0.2, 0) is 8.98 Å². The summed E-state index contributed by atoms with van der Waals surface area (Å²) in [5, 5.41) is 0. The number of carbonyl (C=O) groups is 1. The van der Waals surface area contributed by atoms with Crippen molar-refractivity contribution in [2.45, 2.75) is 0 Å². The molecule has 0 fully saturated rings. The molecule has 0 atom stereocenters. The van der Waals surface area contributed by atoms with Crippen LogP contribution in [0.5, 0.6) is 0 Å². The summed E-state index contributed by atoms with van der Waals surface area (Å²) in [4.78, 5) is 8.88. The summed E-state index contributed by atoms with van der Waals surface area (Å²) in [5.74, 6) is 0. The van der Waals surface area contributed by atoms with Crippen molar-refractivity contribution in [1.82, 2.24) is 0 Å². The van der Waals surface area contributed by atoms with Crippen LogP contribution in [0, 0.1) is 0 Å². The lowest BCUT2D eigenvalue weighted by atomic mass is 11.7. The molecule has 0 unspecified atom stereocenters. The molecule has 0 amide bonds. The molecule has 0 aromatic heterocycles. The summed E-state index contributed by atoms with van der Waals surface area (Å²) in [7, 11) is 0. The van der Waals surface area contributed by atoms with Crippen LogP contribution in [0.1, 0.15) is 0 Å². The molecule has 5 heavy (non-hydrogen) atoms. The molecule has 0 bridgehead atoms. The highest BCUT2D eigenvalue weighted by Crippen LogP contribution is 1.60. The Morgan fingerprint density at radius 1 is 1.80 bits per heavy atom. The smallest absolute Gasteiger partial charge is 0.304 e. The number of carbonyl (C=O) groups excluding carboxylic acids is 1. The Morgan fingerprint density at radius 3 is 2.00 bits per heavy atom. The molecule has 32 valence electrons. The lowest BCUT2D eigenvalue weighted by Crippen LogP contribution is -1.57. The van der Waals surface area contributed by atoms with Gasteiger partial charge in [0.05, 0.1) is 0 Å². The third kappa shape index (κ3) is 19.7. The predicted octanol–water partition coefficient (Wildman–Crippen LogP) is -0.821. The Labute approximate surface area is 34.9 Å². The summed E-state index contributed by atoms with van der Waals surface area (Å²) in [6, 6.07) is 0. The third-order valence-corrected chi connectivity index (χ3v) is 0.129. The van der Waals surface area contributed by atoms with E-state index in [1.54, 1.807) is 0 Å². The molecule has 0 heterocycles. The maximum Gasteiger partial charge on any atom is 0.304 e. The molecule has 4 heteroatoms. The number of thiol groups is 1. The Hall–Kier alpha value is -0.220. The van der Waals surface area contributed by atoms with E-state index in [0.29, 0.717) is 0 Å². The standard InChI is InChI=1S/CH2O2S.H2O/c2-1-3-4;/h1,4H;1H2. The number of hydrogen-bond donors (Lipinski definition) is 1. The summed E-state index contributed by atoms with van der Waals surface area (Å²) >= 11 is 3.05. The van der Waals surface area contributed by atoms with Gasteiger partial charge in [0.15, 0.2) is 0 Å². The van der Waals surface area contributed by atoms with E-state index in [4.69, 9.17) is 4.79 Å². The molecule has 0 rings (SSSR count). The molecular weight excluding hydrogens is 92.1 g/mol. The minimum atomic E-state index is 0. The fourth-order valence-corrected chi connectivity index (χ4v) is 0. The molecule has 0 radical (unpaired) electrons. The van der Waals surface area contributed by atoms with E-state index in [1.165, 1.54) is 0 Å². The normalized spacial score (nSPS) is 4.20. The van der Waals surface area contributed by atoms with Gasteiger partial charge in [-0.15, -0.1) is 0 Å². The zero-order valence-corrected chi connectivity index (χ0v) is 3.24. The molecule has 0 aliphatic carbocycles. The lowest BCUT2D eigenvalue weighted by Gasteiger charge is -1.63. The minimum absolute atomic E-state index is 0. The predicted molar refractivity (Wildman–Crippen MR) is 19.7 cm³/mol. The van der Waals surface area contributed by atoms with Crippen molar-refractivity contribution < 1.29 is 14.5 Å². The van der Waals surface area contributed by atoms with Crippen LogP contribution in [0.2, 0.25) is 0 Å². The van der Waals surface area contributed by atoms with Crippen molar-refractivity contribution >= 4 is 19.4 Å². The average molecular weight is 96.1 g/mol. The first-order valence-corrected chi connectivity index (χ1v) is 1.02. The molecule has 0 aliphatic heterocycles. The van der Waals surface area contributed by atoms with Crippen LogP contribution in [0.3, 0.4) is 0 Å². The summed E-state index contributed by atoms with van der Waals surface area (Å²) in [5.41, 5.74) is 0. The highest BCUT2D eigenvalue weighted by atomic mass is 32.1. The van der Waals surface area contributed by atoms with Crippen molar-refractivity contribution in [3.8, 4) is 0 Å². The maximum absolute atomic E-state index is 8.88. The maximum atomic E-state index is 8.88. The SMILES string of the molecule is O.O=COS. The first kappa shape index (κ1) is 8.84. The molecule has 0 spiro atoms. The zero-order chi connectivity index (χ0) is 3.41. The van der Waals surface area contributed by atoms with Gasteiger partial charge in [-0.2, -0.15) is 0 Å². The first-order chi connectivity index (χ1) is 1.91. The van der Waals surface area contributed by atoms with Crippen LogP contribution in [0.25, 0.3) is 0 Å². The Bertz CT molecular complexity index is 20.9. The number of rotatable bonds is 1. The largest absolute Gasteiger partial charge is 0.412 e. The number of hydrogen-bond acceptors (Lipinski definition) is 3. The summed E-state index contributed by atoms with van der Waals surface area (Å²) in [6.07, 6.45) is 0. The molecule has 0 aromatic rings. The van der Waals surface area contributed by atoms with Gasteiger partial charge in [-0.25, -0.2) is 0 Å². The van der Waals surface area contributed by atoms with Crippen molar-refractivity contribution in [3.63, 3.8) is 0 Å². The Balaban J connectivity index is 0. The fourth-order valence-electron chi connectivity index (χ4n) is 0. The van der Waals surface area contributed by atoms with Crippen LogP contribution in [0.15, 0.2) is 0 Å². The van der Waals surface area contributed by atoms with Crippen LogP contribution in [0.4, 0.5) is 0 Å². The van der Waals surface area contributed by atoms with Gasteiger partial charge in [0.25, 0.3) is 0 Å². The summed E-state index contributed by atoms with van der Waals surface area (Å²) in [6.45, 7) is 0.239. The zero-order valence-electron chi connectivity index (χ0n) is 2.34. The molecule has 0 aliphatic rings. The fraction of sp³-hybridized carbons (Fsp3) is 0. The molecule has 3 nitrogen and oxygen atoms in total. The molecule has 0 saturated heterocycles. The lowest BCUT2D eigenvalue weighted by molar-refractivity contribution is -0.119. The average Bonchev–Trinajstić information content (AvgIpc) is 1.37. The Kier molecular flexibility index (Phi) is 16.3. The van der Waals surface area contributed by atoms with E-state index in [1.807, 2.05) is 0 Å². The monoisotopic (exact) mass is 96.0 g/mol. The molecule has 0 aromatic carbocycles. The van der Waals surface area contributed by atoms with E-state index >= 15 is 0 Å². The molecule has 2 N–H and O–H groups in total. The van der Waals surface area contributed by atoms with E-state index in [0.717, 1.165) is 0 Å². The van der Waals surface area contributed by atoms with Gasteiger partial charge in [0.2, 0.25) is 0 Å². The second kappa shape index (κ2) is 9.22. The van der Waals surface area contributed by atoms with Crippen LogP contribution in [-0.4, -0.2) is 11.9 Å². The summed E-state index contributed by atoms with van der Waals surface area (Å²) < 4.78 is 3.56. The first-order valence-electron chi connectivity index (χ1n) is 0.654. The Morgan fingerprint density at radius 2 is 2.00 bits per heavy atom. The van der Waals surface area contributed by atoms with Gasteiger partial charge < -0.3 is 9.66 Å². The van der Waals surface area contributed by atoms with Crippen molar-refractivity contribution in [3.05, 3.63) is 0 Å². The molecular formula is CH4O3S. The van der Waals surface area contributed by atoms with Gasteiger partial charge in [0.1, 0.15) is 0 Å². The van der Waals surface area contributed by atoms with E-state index in [9.17, 15) is 0 Å². The third-order valence-electron chi connectivity index (χ3n) is 0.0430. The van der Waals surface area contributed by atoms with Crippen molar-refractivity contribution in [1.29, 1.82) is 0 Å². The van der Waals surface area contributed by atoms with Crippen LogP contribution >= 0.6 is 12.9 Å². The second-order valence-corrected chi connectivity index (χ2v) is 0.412. The van der Waals surface area contributed by atoms with Crippen molar-refractivity contribution in [2.75, 3.05) is 0 Å². The minimum Gasteiger partial charge on any atom is -0.412 e. The van der Waals surface area contributed by atoms with Crippen LogP contribution < -0.4 is 0 Å². The van der Waals surface area contributed by atoms with Gasteiger partial charge in [0, 0.05) is 12.9 Å². The van der Waals surface area contributed by atoms with Gasteiger partial charge in [-0.05, 0) is 0 Å².